The summed E-state index contributed by atoms with van der Waals surface area (Å²) >= 11 is 0. The Bertz CT molecular complexity index is 376. The summed E-state index contributed by atoms with van der Waals surface area (Å²) in [7, 11) is 1.63. The summed E-state index contributed by atoms with van der Waals surface area (Å²) < 4.78 is 5.25. The van der Waals surface area contributed by atoms with Crippen LogP contribution in [0.5, 0.6) is 5.75 Å². The molecule has 1 aliphatic rings. The zero-order valence-electron chi connectivity index (χ0n) is 9.06. The third-order valence-corrected chi connectivity index (χ3v) is 2.85. The summed E-state index contributed by atoms with van der Waals surface area (Å²) in [6, 6.07) is 7.64. The van der Waals surface area contributed by atoms with Crippen LogP contribution < -0.4 is 9.64 Å². The van der Waals surface area contributed by atoms with E-state index in [-0.39, 0.29) is 11.8 Å². The molecule has 1 saturated heterocycles. The zero-order chi connectivity index (χ0) is 10.8. The number of para-hydroxylation sites is 2. The monoisotopic (exact) mass is 205 g/mol. The molecule has 80 valence electrons. The number of anilines is 1. The molecule has 3 nitrogen and oxygen atoms in total. The van der Waals surface area contributed by atoms with Crippen molar-refractivity contribution in [2.75, 3.05) is 18.6 Å². The molecule has 1 fully saturated rings. The minimum Gasteiger partial charge on any atom is -0.495 e. The lowest BCUT2D eigenvalue weighted by molar-refractivity contribution is -0.119. The van der Waals surface area contributed by atoms with Crippen molar-refractivity contribution in [2.45, 2.75) is 13.3 Å². The van der Waals surface area contributed by atoms with Gasteiger partial charge in [-0.15, -0.1) is 0 Å². The molecule has 1 heterocycles. The molecule has 2 rings (SSSR count). The molecular formula is C12H15NO2. The number of benzene rings is 1. The van der Waals surface area contributed by atoms with Crippen LogP contribution in [0.3, 0.4) is 0 Å². The van der Waals surface area contributed by atoms with E-state index in [9.17, 15) is 4.79 Å². The lowest BCUT2D eigenvalue weighted by atomic mass is 10.1. The van der Waals surface area contributed by atoms with Crippen molar-refractivity contribution >= 4 is 11.6 Å². The fraction of sp³-hybridized carbons (Fsp3) is 0.417. The topological polar surface area (TPSA) is 29.5 Å². The van der Waals surface area contributed by atoms with E-state index < -0.39 is 0 Å². The average molecular weight is 205 g/mol. The molecule has 0 N–H and O–H groups in total. The number of nitrogens with zero attached hydrogens (tertiary/aromatic N) is 1. The first kappa shape index (κ1) is 10.0. The first-order valence-electron chi connectivity index (χ1n) is 5.18. The Balaban J connectivity index is 2.33. The van der Waals surface area contributed by atoms with E-state index in [1.807, 2.05) is 36.1 Å². The molecule has 15 heavy (non-hydrogen) atoms. The lowest BCUT2D eigenvalue weighted by Crippen LogP contribution is -2.26. The number of carbonyl (C=O) groups excluding carboxylic acids is 1. The highest BCUT2D eigenvalue weighted by molar-refractivity contribution is 5.98. The first-order chi connectivity index (χ1) is 7.24. The molecular weight excluding hydrogens is 190 g/mol. The van der Waals surface area contributed by atoms with E-state index in [4.69, 9.17) is 4.74 Å². The van der Waals surface area contributed by atoms with Gasteiger partial charge in [-0.05, 0) is 18.6 Å². The van der Waals surface area contributed by atoms with Crippen LogP contribution in [0.25, 0.3) is 0 Å². The van der Waals surface area contributed by atoms with E-state index in [0.29, 0.717) is 0 Å². The highest BCUT2D eigenvalue weighted by atomic mass is 16.5. The van der Waals surface area contributed by atoms with Crippen LogP contribution in [0.15, 0.2) is 24.3 Å². The Kier molecular flexibility index (Phi) is 2.62. The maximum absolute atomic E-state index is 11.8. The van der Waals surface area contributed by atoms with E-state index in [1.54, 1.807) is 7.11 Å². The number of hydrogen-bond acceptors (Lipinski definition) is 2. The SMILES string of the molecule is COc1ccccc1N1CC[C@H](C)C1=O. The predicted molar refractivity (Wildman–Crippen MR) is 59.1 cm³/mol. The molecule has 1 aromatic rings. The van der Waals surface area contributed by atoms with Crippen LogP contribution in [0.4, 0.5) is 5.69 Å². The minimum atomic E-state index is 0.134. The number of hydrogen-bond donors (Lipinski definition) is 0. The molecule has 3 heteroatoms. The van der Waals surface area contributed by atoms with Crippen LogP contribution in [-0.2, 0) is 4.79 Å². The Morgan fingerprint density at radius 2 is 2.13 bits per heavy atom. The molecule has 0 unspecified atom stereocenters. The number of carbonyl (C=O) groups is 1. The number of rotatable bonds is 2. The van der Waals surface area contributed by atoms with Gasteiger partial charge in [0.15, 0.2) is 0 Å². The second-order valence-electron chi connectivity index (χ2n) is 3.85. The zero-order valence-corrected chi connectivity index (χ0v) is 9.06. The molecule has 0 bridgehead atoms. The van der Waals surface area contributed by atoms with Crippen molar-refractivity contribution in [1.29, 1.82) is 0 Å². The summed E-state index contributed by atoms with van der Waals surface area (Å²) in [5.41, 5.74) is 0.884. The van der Waals surface area contributed by atoms with E-state index >= 15 is 0 Å². The van der Waals surface area contributed by atoms with Crippen LogP contribution in [0.2, 0.25) is 0 Å². The average Bonchev–Trinajstić information content (AvgIpc) is 2.60. The highest BCUT2D eigenvalue weighted by Crippen LogP contribution is 2.32. The van der Waals surface area contributed by atoms with E-state index in [0.717, 1.165) is 24.4 Å². The fourth-order valence-corrected chi connectivity index (χ4v) is 1.91. The van der Waals surface area contributed by atoms with Gasteiger partial charge in [0.05, 0.1) is 12.8 Å². The van der Waals surface area contributed by atoms with Crippen LogP contribution in [-0.4, -0.2) is 19.6 Å². The van der Waals surface area contributed by atoms with Gasteiger partial charge >= 0.3 is 0 Å². The van der Waals surface area contributed by atoms with Gasteiger partial charge in [-0.25, -0.2) is 0 Å². The summed E-state index contributed by atoms with van der Waals surface area (Å²) in [4.78, 5) is 13.7. The van der Waals surface area contributed by atoms with E-state index in [2.05, 4.69) is 0 Å². The van der Waals surface area contributed by atoms with Crippen molar-refractivity contribution in [2.24, 2.45) is 5.92 Å². The highest BCUT2D eigenvalue weighted by Gasteiger charge is 2.30. The molecule has 0 spiro atoms. The first-order valence-corrected chi connectivity index (χ1v) is 5.18. The second-order valence-corrected chi connectivity index (χ2v) is 3.85. The van der Waals surface area contributed by atoms with Gasteiger partial charge in [0.2, 0.25) is 5.91 Å². The van der Waals surface area contributed by atoms with Crippen molar-refractivity contribution < 1.29 is 9.53 Å². The molecule has 1 aromatic carbocycles. The Morgan fingerprint density at radius 1 is 1.40 bits per heavy atom. The van der Waals surface area contributed by atoms with Gasteiger partial charge < -0.3 is 9.64 Å². The molecule has 1 atom stereocenters. The van der Waals surface area contributed by atoms with Crippen LogP contribution >= 0.6 is 0 Å². The molecule has 1 aliphatic heterocycles. The van der Waals surface area contributed by atoms with E-state index in [1.165, 1.54) is 0 Å². The summed E-state index contributed by atoms with van der Waals surface area (Å²) in [6.07, 6.45) is 0.927. The van der Waals surface area contributed by atoms with Gasteiger partial charge in [-0.1, -0.05) is 19.1 Å². The van der Waals surface area contributed by atoms with Crippen molar-refractivity contribution in [3.8, 4) is 5.75 Å². The Hall–Kier alpha value is -1.51. The molecule has 0 radical (unpaired) electrons. The van der Waals surface area contributed by atoms with Crippen molar-refractivity contribution in [3.05, 3.63) is 24.3 Å². The predicted octanol–water partition coefficient (Wildman–Crippen LogP) is 2.07. The lowest BCUT2D eigenvalue weighted by Gasteiger charge is -2.18. The van der Waals surface area contributed by atoms with Crippen molar-refractivity contribution in [1.82, 2.24) is 0 Å². The van der Waals surface area contributed by atoms with Gasteiger partial charge in [0, 0.05) is 12.5 Å². The smallest absolute Gasteiger partial charge is 0.229 e. The Labute approximate surface area is 89.7 Å². The number of methoxy groups -OCH3 is 1. The maximum Gasteiger partial charge on any atom is 0.229 e. The normalized spacial score (nSPS) is 20.8. The summed E-state index contributed by atoms with van der Waals surface area (Å²) in [6.45, 7) is 2.76. The largest absolute Gasteiger partial charge is 0.495 e. The molecule has 0 aromatic heterocycles. The Morgan fingerprint density at radius 3 is 2.73 bits per heavy atom. The van der Waals surface area contributed by atoms with Crippen LogP contribution in [0.1, 0.15) is 13.3 Å². The maximum atomic E-state index is 11.8. The summed E-state index contributed by atoms with van der Waals surface area (Å²) in [5, 5.41) is 0. The molecule has 0 aliphatic carbocycles. The standard InChI is InChI=1S/C12H15NO2/c1-9-7-8-13(12(9)14)10-5-3-4-6-11(10)15-2/h3-6,9H,7-8H2,1-2H3/t9-/m0/s1. The third-order valence-electron chi connectivity index (χ3n) is 2.85. The summed E-state index contributed by atoms with van der Waals surface area (Å²) in [5.74, 6) is 1.09. The third kappa shape index (κ3) is 1.69. The van der Waals surface area contributed by atoms with Gasteiger partial charge in [0.1, 0.15) is 5.75 Å². The fourth-order valence-electron chi connectivity index (χ4n) is 1.91. The number of ether oxygens (including phenoxy) is 1. The van der Waals surface area contributed by atoms with Crippen molar-refractivity contribution in [3.63, 3.8) is 0 Å². The van der Waals surface area contributed by atoms with Gasteiger partial charge in [-0.3, -0.25) is 4.79 Å². The van der Waals surface area contributed by atoms with Gasteiger partial charge in [-0.2, -0.15) is 0 Å². The van der Waals surface area contributed by atoms with Crippen LogP contribution in [0, 0.1) is 5.92 Å². The molecule has 1 amide bonds. The minimum absolute atomic E-state index is 0.134. The molecule has 0 saturated carbocycles. The quantitative estimate of drug-likeness (QED) is 0.739. The van der Waals surface area contributed by atoms with Gasteiger partial charge in [0.25, 0.3) is 0 Å². The number of amides is 1. The second kappa shape index (κ2) is 3.93.